The highest BCUT2D eigenvalue weighted by Crippen LogP contribution is 2.64. The van der Waals surface area contributed by atoms with E-state index >= 15 is 0 Å². The second kappa shape index (κ2) is 3.55. The molecule has 1 N–H and O–H groups in total. The lowest BCUT2D eigenvalue weighted by Gasteiger charge is -2.02. The van der Waals surface area contributed by atoms with Crippen molar-refractivity contribution in [3.05, 3.63) is 39.9 Å². The first-order valence-electron chi connectivity index (χ1n) is 5.33. The first-order valence-corrected chi connectivity index (χ1v) is 5.33. The molecule has 1 saturated carbocycles. The van der Waals surface area contributed by atoms with Gasteiger partial charge in [0.1, 0.15) is 0 Å². The van der Waals surface area contributed by atoms with Gasteiger partial charge in [-0.2, -0.15) is 0 Å². The Hall–Kier alpha value is -1.91. The predicted molar refractivity (Wildman–Crippen MR) is 60.7 cm³/mol. The van der Waals surface area contributed by atoms with Gasteiger partial charge in [-0.25, -0.2) is 0 Å². The molecule has 1 aliphatic rings. The normalized spacial score (nSPS) is 25.3. The van der Waals surface area contributed by atoms with Crippen molar-refractivity contribution in [1.82, 2.24) is 0 Å². The summed E-state index contributed by atoms with van der Waals surface area (Å²) in [5.74, 6) is -1.43. The zero-order chi connectivity index (χ0) is 12.8. The quantitative estimate of drug-likeness (QED) is 0.644. The molecule has 1 aromatic carbocycles. The molecule has 1 aromatic rings. The maximum absolute atomic E-state index is 11.0. The summed E-state index contributed by atoms with van der Waals surface area (Å²) in [6.45, 7) is 3.74. The number of nitro benzene ring substituents is 1. The molecule has 0 heterocycles. The Bertz CT molecular complexity index is 495. The van der Waals surface area contributed by atoms with Crippen LogP contribution in [0.5, 0.6) is 0 Å². The number of benzene rings is 1. The molecule has 90 valence electrons. The van der Waals surface area contributed by atoms with E-state index in [2.05, 4.69) is 0 Å². The molecule has 0 aliphatic heterocycles. The molecule has 0 aromatic heterocycles. The van der Waals surface area contributed by atoms with E-state index in [0.717, 1.165) is 5.56 Å². The Balaban J connectivity index is 2.34. The molecule has 17 heavy (non-hydrogen) atoms. The first kappa shape index (κ1) is 11.6. The Morgan fingerprint density at radius 2 is 2.12 bits per heavy atom. The second-order valence-corrected chi connectivity index (χ2v) is 4.97. The van der Waals surface area contributed by atoms with Crippen molar-refractivity contribution in [2.24, 2.45) is 11.3 Å². The highest BCUT2D eigenvalue weighted by atomic mass is 16.6. The van der Waals surface area contributed by atoms with Crippen LogP contribution in [0.2, 0.25) is 0 Å². The van der Waals surface area contributed by atoms with Gasteiger partial charge in [-0.15, -0.1) is 0 Å². The number of aliphatic carboxylic acids is 1. The van der Waals surface area contributed by atoms with Crippen LogP contribution in [0.25, 0.3) is 0 Å². The van der Waals surface area contributed by atoms with Gasteiger partial charge < -0.3 is 5.11 Å². The molecule has 5 heteroatoms. The largest absolute Gasteiger partial charge is 0.481 e. The van der Waals surface area contributed by atoms with Gasteiger partial charge in [-0.05, 0) is 11.0 Å². The van der Waals surface area contributed by atoms with Gasteiger partial charge in [0.15, 0.2) is 0 Å². The van der Waals surface area contributed by atoms with Crippen LogP contribution in [0, 0.1) is 21.4 Å². The fourth-order valence-corrected chi connectivity index (χ4v) is 2.55. The molecule has 5 nitrogen and oxygen atoms in total. The van der Waals surface area contributed by atoms with Crippen molar-refractivity contribution in [2.75, 3.05) is 0 Å². The standard InChI is InChI=1S/C12H13NO4/c1-12(2)9(10(12)11(14)15)7-4-3-5-8(6-7)13(16)17/h3-6,9-10H,1-2H3,(H,14,15). The lowest BCUT2D eigenvalue weighted by Crippen LogP contribution is -2.03. The molecule has 0 spiro atoms. The van der Waals surface area contributed by atoms with E-state index in [4.69, 9.17) is 5.11 Å². The smallest absolute Gasteiger partial charge is 0.307 e. The van der Waals surface area contributed by atoms with Gasteiger partial charge in [0.05, 0.1) is 10.8 Å². The minimum Gasteiger partial charge on any atom is -0.481 e. The van der Waals surface area contributed by atoms with Crippen LogP contribution in [0.3, 0.4) is 0 Å². The summed E-state index contributed by atoms with van der Waals surface area (Å²) in [6.07, 6.45) is 0. The Labute approximate surface area is 98.2 Å². The number of nitrogens with zero attached hydrogens (tertiary/aromatic N) is 1. The fraction of sp³-hybridized carbons (Fsp3) is 0.417. The average molecular weight is 235 g/mol. The molecule has 0 saturated heterocycles. The number of non-ortho nitro benzene ring substituents is 1. The van der Waals surface area contributed by atoms with Crippen molar-refractivity contribution in [3.8, 4) is 0 Å². The zero-order valence-electron chi connectivity index (χ0n) is 9.58. The SMILES string of the molecule is CC1(C)C(C(=O)O)C1c1cccc([N+](=O)[O-])c1. The van der Waals surface area contributed by atoms with Crippen LogP contribution in [-0.4, -0.2) is 16.0 Å². The number of carbonyl (C=O) groups is 1. The third kappa shape index (κ3) is 1.77. The average Bonchev–Trinajstić information content (AvgIpc) is 2.82. The second-order valence-electron chi connectivity index (χ2n) is 4.97. The highest BCUT2D eigenvalue weighted by Gasteiger charge is 2.62. The van der Waals surface area contributed by atoms with Crippen LogP contribution in [0.1, 0.15) is 25.3 Å². The summed E-state index contributed by atoms with van der Waals surface area (Å²) in [4.78, 5) is 21.2. The number of carboxylic acid groups (broad SMARTS) is 1. The molecule has 1 aliphatic carbocycles. The van der Waals surface area contributed by atoms with Crippen molar-refractivity contribution in [3.63, 3.8) is 0 Å². The van der Waals surface area contributed by atoms with Gasteiger partial charge in [0, 0.05) is 18.1 Å². The molecule has 2 unspecified atom stereocenters. The monoisotopic (exact) mass is 235 g/mol. The molecule has 2 atom stereocenters. The lowest BCUT2D eigenvalue weighted by atomic mass is 10.0. The fourth-order valence-electron chi connectivity index (χ4n) is 2.55. The maximum atomic E-state index is 11.0. The van der Waals surface area contributed by atoms with E-state index in [1.54, 1.807) is 12.1 Å². The molecule has 0 bridgehead atoms. The minimum atomic E-state index is -0.841. The molecular formula is C12H13NO4. The van der Waals surface area contributed by atoms with Crippen LogP contribution in [0.15, 0.2) is 24.3 Å². The molecule has 0 radical (unpaired) electrons. The summed E-state index contributed by atoms with van der Waals surface area (Å²) < 4.78 is 0. The minimum absolute atomic E-state index is 0.00865. The Kier molecular flexibility index (Phi) is 2.41. The van der Waals surface area contributed by atoms with Crippen LogP contribution >= 0.6 is 0 Å². The van der Waals surface area contributed by atoms with E-state index in [1.807, 2.05) is 13.8 Å². The number of rotatable bonds is 3. The van der Waals surface area contributed by atoms with Gasteiger partial charge in [-0.3, -0.25) is 14.9 Å². The molecule has 2 rings (SSSR count). The molecule has 0 amide bonds. The summed E-state index contributed by atoms with van der Waals surface area (Å²) in [5, 5.41) is 19.7. The summed E-state index contributed by atoms with van der Waals surface area (Å²) in [7, 11) is 0. The number of carboxylic acids is 1. The third-order valence-corrected chi connectivity index (χ3v) is 3.53. The van der Waals surface area contributed by atoms with Crippen molar-refractivity contribution in [1.29, 1.82) is 0 Å². The zero-order valence-corrected chi connectivity index (χ0v) is 9.58. The lowest BCUT2D eigenvalue weighted by molar-refractivity contribution is -0.384. The molecule has 1 fully saturated rings. The van der Waals surface area contributed by atoms with E-state index in [0.29, 0.717) is 0 Å². The summed E-state index contributed by atoms with van der Waals surface area (Å²) >= 11 is 0. The Morgan fingerprint density at radius 1 is 1.47 bits per heavy atom. The van der Waals surface area contributed by atoms with Crippen LogP contribution in [0.4, 0.5) is 5.69 Å². The van der Waals surface area contributed by atoms with E-state index < -0.39 is 16.8 Å². The van der Waals surface area contributed by atoms with Gasteiger partial charge in [0.2, 0.25) is 0 Å². The number of hydrogen-bond donors (Lipinski definition) is 1. The highest BCUT2D eigenvalue weighted by molar-refractivity contribution is 5.77. The van der Waals surface area contributed by atoms with Crippen LogP contribution in [-0.2, 0) is 4.79 Å². The summed E-state index contributed by atoms with van der Waals surface area (Å²) in [5.41, 5.74) is 0.409. The number of nitro groups is 1. The van der Waals surface area contributed by atoms with Crippen LogP contribution < -0.4 is 0 Å². The summed E-state index contributed by atoms with van der Waals surface area (Å²) in [6, 6.07) is 6.23. The van der Waals surface area contributed by atoms with Gasteiger partial charge >= 0.3 is 5.97 Å². The van der Waals surface area contributed by atoms with E-state index in [1.165, 1.54) is 12.1 Å². The maximum Gasteiger partial charge on any atom is 0.307 e. The number of hydrogen-bond acceptors (Lipinski definition) is 3. The third-order valence-electron chi connectivity index (χ3n) is 3.53. The first-order chi connectivity index (χ1) is 7.85. The van der Waals surface area contributed by atoms with E-state index in [-0.39, 0.29) is 17.0 Å². The van der Waals surface area contributed by atoms with Gasteiger partial charge in [0.25, 0.3) is 5.69 Å². The van der Waals surface area contributed by atoms with Crippen molar-refractivity contribution >= 4 is 11.7 Å². The topological polar surface area (TPSA) is 80.4 Å². The molecular weight excluding hydrogens is 222 g/mol. The van der Waals surface area contributed by atoms with E-state index in [9.17, 15) is 14.9 Å². The van der Waals surface area contributed by atoms with Crippen molar-refractivity contribution < 1.29 is 14.8 Å². The van der Waals surface area contributed by atoms with Crippen molar-refractivity contribution in [2.45, 2.75) is 19.8 Å². The predicted octanol–water partition coefficient (Wildman–Crippen LogP) is 2.42. The Morgan fingerprint density at radius 3 is 2.59 bits per heavy atom. The van der Waals surface area contributed by atoms with Gasteiger partial charge in [-0.1, -0.05) is 26.0 Å².